The fourth-order valence-electron chi connectivity index (χ4n) is 2.82. The van der Waals surface area contributed by atoms with Crippen LogP contribution in [0.25, 0.3) is 0 Å². The Morgan fingerprint density at radius 1 is 1.26 bits per heavy atom. The molecule has 0 bridgehead atoms. The van der Waals surface area contributed by atoms with Gasteiger partial charge in [0, 0.05) is 5.02 Å². The van der Waals surface area contributed by atoms with Gasteiger partial charge in [0.1, 0.15) is 11.8 Å². The van der Waals surface area contributed by atoms with Crippen LogP contribution in [0.4, 0.5) is 11.4 Å². The Kier molecular flexibility index (Phi) is 6.73. The number of aryl methyl sites for hydroxylation is 1. The van der Waals surface area contributed by atoms with Crippen LogP contribution in [0.1, 0.15) is 18.9 Å². The lowest BCUT2D eigenvalue weighted by molar-refractivity contribution is -0.117. The van der Waals surface area contributed by atoms with Gasteiger partial charge in [-0.25, -0.2) is 8.42 Å². The normalized spacial score (nSPS) is 12.3. The number of amides is 1. The van der Waals surface area contributed by atoms with Crippen LogP contribution in [-0.2, 0) is 14.8 Å². The molecule has 0 radical (unpaired) electrons. The quantitative estimate of drug-likeness (QED) is 0.752. The summed E-state index contributed by atoms with van der Waals surface area (Å²) in [7, 11) is -2.21. The number of benzene rings is 2. The Bertz CT molecular complexity index is 931. The molecule has 8 heteroatoms. The lowest BCUT2D eigenvalue weighted by atomic mass is 10.1. The number of anilines is 2. The molecule has 1 amide bonds. The van der Waals surface area contributed by atoms with Crippen molar-refractivity contribution in [3.63, 3.8) is 0 Å². The molecule has 0 aliphatic heterocycles. The fourth-order valence-corrected chi connectivity index (χ4v) is 4.19. The summed E-state index contributed by atoms with van der Waals surface area (Å²) >= 11 is 6.01. The Balaban J connectivity index is 2.42. The van der Waals surface area contributed by atoms with Gasteiger partial charge in [0.2, 0.25) is 15.9 Å². The zero-order valence-corrected chi connectivity index (χ0v) is 17.3. The molecule has 0 aromatic heterocycles. The van der Waals surface area contributed by atoms with Gasteiger partial charge in [-0.15, -0.1) is 0 Å². The molecule has 1 unspecified atom stereocenters. The first-order chi connectivity index (χ1) is 12.7. The Hall–Kier alpha value is -2.25. The zero-order chi connectivity index (χ0) is 20.2. The lowest BCUT2D eigenvalue weighted by Gasteiger charge is -2.30. The standard InChI is InChI=1S/C19H23ClN2O4S/c1-5-17(19(23)21-16-12-14(20)9-10-18(16)26-3)22(27(4,24)25)15-8-6-7-13(2)11-15/h6-12,17H,5H2,1-4H3,(H,21,23). The van der Waals surface area contributed by atoms with E-state index in [1.165, 1.54) is 7.11 Å². The summed E-state index contributed by atoms with van der Waals surface area (Å²) in [5, 5.41) is 3.16. The van der Waals surface area contributed by atoms with E-state index in [9.17, 15) is 13.2 Å². The Morgan fingerprint density at radius 3 is 2.52 bits per heavy atom. The third-order valence-corrected chi connectivity index (χ3v) is 5.42. The number of carbonyl (C=O) groups excluding carboxylic acids is 1. The van der Waals surface area contributed by atoms with E-state index in [2.05, 4.69) is 5.32 Å². The van der Waals surface area contributed by atoms with Gasteiger partial charge in [0.15, 0.2) is 0 Å². The summed E-state index contributed by atoms with van der Waals surface area (Å²) in [6.07, 6.45) is 1.38. The van der Waals surface area contributed by atoms with Gasteiger partial charge in [-0.1, -0.05) is 30.7 Å². The van der Waals surface area contributed by atoms with Crippen LogP contribution < -0.4 is 14.4 Å². The third kappa shape index (κ3) is 5.14. The molecule has 1 N–H and O–H groups in total. The predicted octanol–water partition coefficient (Wildman–Crippen LogP) is 3.84. The van der Waals surface area contributed by atoms with Crippen LogP contribution in [-0.4, -0.2) is 33.7 Å². The van der Waals surface area contributed by atoms with E-state index in [-0.39, 0.29) is 6.42 Å². The van der Waals surface area contributed by atoms with E-state index >= 15 is 0 Å². The molecule has 0 fully saturated rings. The number of hydrogen-bond donors (Lipinski definition) is 1. The second kappa shape index (κ2) is 8.63. The number of carbonyl (C=O) groups is 1. The number of hydrogen-bond acceptors (Lipinski definition) is 4. The van der Waals surface area contributed by atoms with E-state index in [4.69, 9.17) is 16.3 Å². The average Bonchev–Trinajstić information content (AvgIpc) is 2.58. The molecule has 0 spiro atoms. The van der Waals surface area contributed by atoms with Crippen molar-refractivity contribution in [2.75, 3.05) is 23.0 Å². The number of nitrogens with one attached hydrogen (secondary N) is 1. The molecular weight excluding hydrogens is 388 g/mol. The zero-order valence-electron chi connectivity index (χ0n) is 15.7. The van der Waals surface area contributed by atoms with Crippen molar-refractivity contribution in [1.29, 1.82) is 0 Å². The van der Waals surface area contributed by atoms with Crippen LogP contribution >= 0.6 is 11.6 Å². The predicted molar refractivity (Wildman–Crippen MR) is 109 cm³/mol. The molecule has 2 aromatic carbocycles. The van der Waals surface area contributed by atoms with Gasteiger partial charge in [-0.2, -0.15) is 0 Å². The van der Waals surface area contributed by atoms with E-state index in [1.807, 2.05) is 13.0 Å². The first kappa shape index (κ1) is 21.1. The number of sulfonamides is 1. The second-order valence-corrected chi connectivity index (χ2v) is 8.45. The largest absolute Gasteiger partial charge is 0.495 e. The van der Waals surface area contributed by atoms with E-state index in [0.717, 1.165) is 16.1 Å². The fraction of sp³-hybridized carbons (Fsp3) is 0.316. The first-order valence-corrected chi connectivity index (χ1v) is 10.6. The molecule has 146 valence electrons. The van der Waals surface area contributed by atoms with Crippen LogP contribution in [0.3, 0.4) is 0 Å². The van der Waals surface area contributed by atoms with Crippen LogP contribution in [0.5, 0.6) is 5.75 Å². The summed E-state index contributed by atoms with van der Waals surface area (Å²) in [5.41, 5.74) is 1.72. The van der Waals surface area contributed by atoms with E-state index < -0.39 is 22.0 Å². The minimum Gasteiger partial charge on any atom is -0.495 e. The molecule has 6 nitrogen and oxygen atoms in total. The molecule has 1 atom stereocenters. The van der Waals surface area contributed by atoms with Crippen molar-refractivity contribution in [3.05, 3.63) is 53.1 Å². The molecule has 27 heavy (non-hydrogen) atoms. The van der Waals surface area contributed by atoms with Crippen molar-refractivity contribution < 1.29 is 17.9 Å². The number of methoxy groups -OCH3 is 1. The van der Waals surface area contributed by atoms with Crippen molar-refractivity contribution in [2.45, 2.75) is 26.3 Å². The number of halogens is 1. The maximum absolute atomic E-state index is 13.0. The Labute approximate surface area is 165 Å². The Morgan fingerprint density at radius 2 is 1.96 bits per heavy atom. The minimum atomic E-state index is -3.69. The smallest absolute Gasteiger partial charge is 0.248 e. The SMILES string of the molecule is CCC(C(=O)Nc1cc(Cl)ccc1OC)N(c1cccc(C)c1)S(C)(=O)=O. The van der Waals surface area contributed by atoms with Crippen LogP contribution in [0, 0.1) is 6.92 Å². The highest BCUT2D eigenvalue weighted by Crippen LogP contribution is 2.29. The minimum absolute atomic E-state index is 0.287. The summed E-state index contributed by atoms with van der Waals surface area (Å²) in [5.74, 6) is -0.0333. The average molecular weight is 411 g/mol. The van der Waals surface area contributed by atoms with Crippen molar-refractivity contribution >= 4 is 38.9 Å². The van der Waals surface area contributed by atoms with Crippen LogP contribution in [0.15, 0.2) is 42.5 Å². The lowest BCUT2D eigenvalue weighted by Crippen LogP contribution is -2.47. The topological polar surface area (TPSA) is 75.7 Å². The molecule has 0 saturated heterocycles. The number of nitrogens with zero attached hydrogens (tertiary/aromatic N) is 1. The highest BCUT2D eigenvalue weighted by molar-refractivity contribution is 7.92. The monoisotopic (exact) mass is 410 g/mol. The van der Waals surface area contributed by atoms with Gasteiger partial charge < -0.3 is 10.1 Å². The van der Waals surface area contributed by atoms with Gasteiger partial charge in [0.25, 0.3) is 0 Å². The summed E-state index contributed by atoms with van der Waals surface area (Å²) in [4.78, 5) is 13.0. The molecule has 0 aliphatic carbocycles. The molecule has 0 heterocycles. The van der Waals surface area contributed by atoms with Crippen molar-refractivity contribution in [3.8, 4) is 5.75 Å². The highest BCUT2D eigenvalue weighted by Gasteiger charge is 2.32. The maximum atomic E-state index is 13.0. The number of rotatable bonds is 7. The van der Waals surface area contributed by atoms with Gasteiger partial charge >= 0.3 is 0 Å². The summed E-state index contributed by atoms with van der Waals surface area (Å²) < 4.78 is 31.3. The van der Waals surface area contributed by atoms with Crippen LogP contribution in [0.2, 0.25) is 5.02 Å². The summed E-state index contributed by atoms with van der Waals surface area (Å²) in [6, 6.07) is 10.9. The highest BCUT2D eigenvalue weighted by atomic mass is 35.5. The third-order valence-electron chi connectivity index (χ3n) is 4.01. The maximum Gasteiger partial charge on any atom is 0.248 e. The molecule has 2 rings (SSSR count). The summed E-state index contributed by atoms with van der Waals surface area (Å²) in [6.45, 7) is 3.62. The van der Waals surface area contributed by atoms with Crippen molar-refractivity contribution in [1.82, 2.24) is 0 Å². The van der Waals surface area contributed by atoms with E-state index in [0.29, 0.717) is 22.1 Å². The van der Waals surface area contributed by atoms with Gasteiger partial charge in [-0.05, 0) is 49.2 Å². The molecule has 2 aromatic rings. The number of ether oxygens (including phenoxy) is 1. The van der Waals surface area contributed by atoms with Gasteiger partial charge in [-0.3, -0.25) is 9.10 Å². The van der Waals surface area contributed by atoms with Gasteiger partial charge in [0.05, 0.1) is 24.7 Å². The first-order valence-electron chi connectivity index (χ1n) is 8.37. The molecule has 0 saturated carbocycles. The second-order valence-electron chi connectivity index (χ2n) is 6.16. The molecule has 0 aliphatic rings. The van der Waals surface area contributed by atoms with E-state index in [1.54, 1.807) is 43.3 Å². The molecular formula is C19H23ClN2O4S. The van der Waals surface area contributed by atoms with Crippen molar-refractivity contribution in [2.24, 2.45) is 0 Å².